The van der Waals surface area contributed by atoms with E-state index in [0.717, 1.165) is 19.1 Å². The second kappa shape index (κ2) is 7.64. The van der Waals surface area contributed by atoms with Gasteiger partial charge in [-0.2, -0.15) is 0 Å². The lowest BCUT2D eigenvalue weighted by Crippen LogP contribution is -2.58. The molecule has 1 aliphatic rings. The maximum atomic E-state index is 15.5. The lowest BCUT2D eigenvalue weighted by atomic mass is 9.79. The van der Waals surface area contributed by atoms with Crippen molar-refractivity contribution in [2.75, 3.05) is 11.9 Å². The molecule has 3 atom stereocenters. The number of anilines is 1. The normalized spacial score (nSPS) is 19.3. The number of nitrogens with zero attached hydrogens (tertiary/aromatic N) is 2. The van der Waals surface area contributed by atoms with E-state index < -0.39 is 29.6 Å². The van der Waals surface area contributed by atoms with Crippen LogP contribution in [0.5, 0.6) is 5.75 Å². The summed E-state index contributed by atoms with van der Waals surface area (Å²) in [6, 6.07) is 8.05. The van der Waals surface area contributed by atoms with Crippen LogP contribution in [0.25, 0.3) is 10.9 Å². The fourth-order valence-electron chi connectivity index (χ4n) is 3.81. The van der Waals surface area contributed by atoms with E-state index in [4.69, 9.17) is 4.74 Å². The first kappa shape index (κ1) is 21.3. The van der Waals surface area contributed by atoms with Crippen LogP contribution in [0, 0.1) is 12.7 Å². The maximum absolute atomic E-state index is 15.5. The molecular formula is C22H21F4N3O2. The number of benzene rings is 2. The molecule has 3 aromatic rings. The second-order valence-electron chi connectivity index (χ2n) is 7.80. The van der Waals surface area contributed by atoms with Gasteiger partial charge in [0.05, 0.1) is 18.0 Å². The molecule has 0 saturated carbocycles. The number of hydrogen-bond acceptors (Lipinski definition) is 5. The molecule has 0 aliphatic carbocycles. The summed E-state index contributed by atoms with van der Waals surface area (Å²) in [6.45, 7) is 2.36. The summed E-state index contributed by atoms with van der Waals surface area (Å²) < 4.78 is 65.2. The summed E-state index contributed by atoms with van der Waals surface area (Å²) in [6.07, 6.45) is -1.29. The molecule has 9 heteroatoms. The quantitative estimate of drug-likeness (QED) is 0.448. The number of nitrogens with one attached hydrogen (secondary N) is 1. The Balaban J connectivity index is 1.66. The summed E-state index contributed by atoms with van der Waals surface area (Å²) >= 11 is 0. The summed E-state index contributed by atoms with van der Waals surface area (Å²) in [5, 5.41) is 13.4. The fourth-order valence-corrected chi connectivity index (χ4v) is 3.81. The van der Waals surface area contributed by atoms with Crippen molar-refractivity contribution in [3.63, 3.8) is 0 Å². The molecule has 2 N–H and O–H groups in total. The zero-order valence-electron chi connectivity index (χ0n) is 16.9. The molecule has 1 aromatic heterocycles. The average molecular weight is 435 g/mol. The zero-order chi connectivity index (χ0) is 22.4. The predicted octanol–water partition coefficient (Wildman–Crippen LogP) is 4.74. The molecule has 2 heterocycles. The summed E-state index contributed by atoms with van der Waals surface area (Å²) in [5.74, 6) is -5.68. The highest BCUT2D eigenvalue weighted by molar-refractivity contribution is 5.90. The number of rotatable bonds is 5. The highest BCUT2D eigenvalue weighted by Gasteiger charge is 2.60. The summed E-state index contributed by atoms with van der Waals surface area (Å²) in [7, 11) is 0. The molecular weight excluding hydrogens is 414 g/mol. The molecule has 31 heavy (non-hydrogen) atoms. The van der Waals surface area contributed by atoms with Gasteiger partial charge in [-0.15, -0.1) is 0 Å². The third kappa shape index (κ3) is 3.67. The number of ether oxygens (including phenoxy) is 1. The van der Waals surface area contributed by atoms with E-state index in [1.165, 1.54) is 18.3 Å². The highest BCUT2D eigenvalue weighted by Crippen LogP contribution is 2.49. The first-order chi connectivity index (χ1) is 14.6. The van der Waals surface area contributed by atoms with Crippen LogP contribution < -0.4 is 10.1 Å². The van der Waals surface area contributed by atoms with Gasteiger partial charge in [0.2, 0.25) is 6.30 Å². The van der Waals surface area contributed by atoms with Crippen LogP contribution in [-0.4, -0.2) is 39.5 Å². The minimum absolute atomic E-state index is 0.0562. The molecule has 1 aliphatic heterocycles. The van der Waals surface area contributed by atoms with Gasteiger partial charge in [-0.05, 0) is 50.6 Å². The van der Waals surface area contributed by atoms with E-state index in [1.54, 1.807) is 19.1 Å². The minimum Gasteiger partial charge on any atom is -0.493 e. The van der Waals surface area contributed by atoms with E-state index in [9.17, 15) is 9.50 Å². The van der Waals surface area contributed by atoms with Crippen molar-refractivity contribution in [1.82, 2.24) is 9.97 Å². The van der Waals surface area contributed by atoms with E-state index in [0.29, 0.717) is 16.7 Å². The van der Waals surface area contributed by atoms with Crippen molar-refractivity contribution in [3.8, 4) is 5.75 Å². The smallest absolute Gasteiger partial charge is 0.287 e. The van der Waals surface area contributed by atoms with E-state index >= 15 is 13.2 Å². The Morgan fingerprint density at radius 1 is 1.26 bits per heavy atom. The number of hydrogen-bond donors (Lipinski definition) is 2. The summed E-state index contributed by atoms with van der Waals surface area (Å²) in [4.78, 5) is 8.29. The first-order valence-corrected chi connectivity index (χ1v) is 9.76. The van der Waals surface area contributed by atoms with Gasteiger partial charge >= 0.3 is 0 Å². The Labute approximate surface area is 176 Å². The molecule has 0 radical (unpaired) electrons. The van der Waals surface area contributed by atoms with E-state index in [-0.39, 0.29) is 30.0 Å². The second-order valence-corrected chi connectivity index (χ2v) is 7.80. The van der Waals surface area contributed by atoms with Crippen molar-refractivity contribution < 1.29 is 27.4 Å². The number of halogens is 4. The Morgan fingerprint density at radius 2 is 2.03 bits per heavy atom. The lowest BCUT2D eigenvalue weighted by molar-refractivity contribution is -0.212. The molecule has 5 nitrogen and oxygen atoms in total. The minimum atomic E-state index is -3.94. The lowest BCUT2D eigenvalue weighted by Gasteiger charge is -2.41. The highest BCUT2D eigenvalue weighted by atomic mass is 19.3. The SMILES string of the molecule is Cc1ncc2c(NC(F)C(C)(O)C(F)(F)C3CCOc4ccc(F)cc43)cccc2n1. The van der Waals surface area contributed by atoms with Crippen LogP contribution in [0.2, 0.25) is 0 Å². The van der Waals surface area contributed by atoms with Crippen molar-refractivity contribution in [2.45, 2.75) is 44.0 Å². The van der Waals surface area contributed by atoms with Gasteiger partial charge in [0.1, 0.15) is 17.4 Å². The van der Waals surface area contributed by atoms with Gasteiger partial charge in [0, 0.05) is 22.8 Å². The van der Waals surface area contributed by atoms with Gasteiger partial charge in [-0.3, -0.25) is 0 Å². The third-order valence-corrected chi connectivity index (χ3v) is 5.65. The zero-order valence-corrected chi connectivity index (χ0v) is 16.9. The molecule has 0 amide bonds. The van der Waals surface area contributed by atoms with Crippen molar-refractivity contribution in [3.05, 3.63) is 59.8 Å². The molecule has 0 spiro atoms. The molecule has 3 unspecified atom stereocenters. The number of aromatic nitrogens is 2. The van der Waals surface area contributed by atoms with Crippen LogP contribution in [0.15, 0.2) is 42.6 Å². The Morgan fingerprint density at radius 3 is 2.81 bits per heavy atom. The molecule has 0 bridgehead atoms. The number of alkyl halides is 3. The number of fused-ring (bicyclic) bond motifs is 2. The third-order valence-electron chi connectivity index (χ3n) is 5.65. The van der Waals surface area contributed by atoms with E-state index in [1.807, 2.05) is 0 Å². The molecule has 2 aromatic carbocycles. The van der Waals surface area contributed by atoms with Crippen molar-refractivity contribution >= 4 is 16.6 Å². The van der Waals surface area contributed by atoms with Crippen LogP contribution in [0.3, 0.4) is 0 Å². The predicted molar refractivity (Wildman–Crippen MR) is 108 cm³/mol. The number of aryl methyl sites for hydroxylation is 1. The standard InChI is InChI=1S/C22H21F4N3O2/c1-12-27-11-15-17(28-12)4-3-5-18(15)29-20(24)21(2,30)22(25,26)16-8-9-31-19-7-6-13(23)10-14(16)19/h3-7,10-11,16,20,29-30H,8-9H2,1-2H3. The molecule has 164 valence electrons. The summed E-state index contributed by atoms with van der Waals surface area (Å²) in [5.41, 5.74) is -2.55. The Bertz CT molecular complexity index is 1120. The topological polar surface area (TPSA) is 67.3 Å². The maximum Gasteiger partial charge on any atom is 0.287 e. The first-order valence-electron chi connectivity index (χ1n) is 9.76. The Kier molecular flexibility index (Phi) is 5.25. The van der Waals surface area contributed by atoms with Gasteiger partial charge < -0.3 is 15.2 Å². The van der Waals surface area contributed by atoms with Crippen LogP contribution in [0.1, 0.15) is 30.7 Å². The van der Waals surface area contributed by atoms with Gasteiger partial charge in [-0.1, -0.05) is 6.07 Å². The monoisotopic (exact) mass is 435 g/mol. The average Bonchev–Trinajstić information content (AvgIpc) is 2.72. The van der Waals surface area contributed by atoms with Gasteiger partial charge in [0.15, 0.2) is 5.60 Å². The van der Waals surface area contributed by atoms with Crippen LogP contribution in [0.4, 0.5) is 23.2 Å². The molecule has 0 saturated heterocycles. The van der Waals surface area contributed by atoms with Crippen molar-refractivity contribution in [2.24, 2.45) is 0 Å². The fraction of sp³-hybridized carbons (Fsp3) is 0.364. The van der Waals surface area contributed by atoms with Crippen LogP contribution >= 0.6 is 0 Å². The largest absolute Gasteiger partial charge is 0.493 e. The van der Waals surface area contributed by atoms with E-state index in [2.05, 4.69) is 15.3 Å². The molecule has 0 fully saturated rings. The van der Waals surface area contributed by atoms with Gasteiger partial charge in [0.25, 0.3) is 5.92 Å². The Hall–Kier alpha value is -2.94. The molecule has 4 rings (SSSR count). The van der Waals surface area contributed by atoms with Crippen molar-refractivity contribution in [1.29, 1.82) is 0 Å². The number of aliphatic hydroxyl groups is 1. The van der Waals surface area contributed by atoms with Gasteiger partial charge in [-0.25, -0.2) is 27.5 Å². The van der Waals surface area contributed by atoms with Crippen LogP contribution in [-0.2, 0) is 0 Å².